The number of rotatable bonds is 7. The van der Waals surface area contributed by atoms with Gasteiger partial charge in [-0.3, -0.25) is 4.57 Å². The fourth-order valence-electron chi connectivity index (χ4n) is 3.81. The van der Waals surface area contributed by atoms with Gasteiger partial charge in [0.1, 0.15) is 41.8 Å². The number of anilines is 1. The summed E-state index contributed by atoms with van der Waals surface area (Å²) < 4.78 is 18.7. The molecule has 5 rings (SSSR count). The van der Waals surface area contributed by atoms with Crippen molar-refractivity contribution in [3.8, 4) is 11.5 Å². The normalized spacial score (nSPS) is 19.5. The number of carbonyl (C=O) groups excluding carboxylic acids is 1. The average Bonchev–Trinajstić information content (AvgIpc) is 3.50. The first-order valence-electron chi connectivity index (χ1n) is 11.1. The van der Waals surface area contributed by atoms with Crippen LogP contribution in [0.3, 0.4) is 0 Å². The van der Waals surface area contributed by atoms with Crippen LogP contribution in [0.2, 0.25) is 0 Å². The molecule has 3 atom stereocenters. The lowest BCUT2D eigenvalue weighted by molar-refractivity contribution is -0.0458. The highest BCUT2D eigenvalue weighted by Gasteiger charge is 2.39. The van der Waals surface area contributed by atoms with Crippen molar-refractivity contribution in [1.82, 2.24) is 24.9 Å². The Morgan fingerprint density at radius 3 is 2.72 bits per heavy atom. The molecule has 0 aliphatic carbocycles. The van der Waals surface area contributed by atoms with Crippen LogP contribution in [0.15, 0.2) is 72.4 Å². The maximum Gasteiger partial charge on any atom is 0.428 e. The van der Waals surface area contributed by atoms with Gasteiger partial charge in [-0.1, -0.05) is 18.2 Å². The summed E-state index contributed by atoms with van der Waals surface area (Å²) in [6, 6.07) is 16.6. The molecular weight excluding hydrogens is 466 g/mol. The standard InChI is InChI=1S/C24H23N7O5/c25-22-21-23(27-13-26-22)31(14-28-21)20-10-18(19(12-32)35-20)36-24(33)30-29-11-15-6-8-17(9-7-15)34-16-4-2-1-3-5-16/h1-9,11,13-14,18-20,32H,10,12H2,(H,30,33)(H2,25,26,27)/b29-11+/t18-,19+,20+/m0/s1. The van der Waals surface area contributed by atoms with Crippen LogP contribution in [0.1, 0.15) is 18.2 Å². The summed E-state index contributed by atoms with van der Waals surface area (Å²) in [6.45, 7) is -0.334. The highest BCUT2D eigenvalue weighted by Crippen LogP contribution is 2.33. The van der Waals surface area contributed by atoms with Crippen molar-refractivity contribution in [2.24, 2.45) is 5.10 Å². The van der Waals surface area contributed by atoms with Gasteiger partial charge in [-0.15, -0.1) is 0 Å². The van der Waals surface area contributed by atoms with Gasteiger partial charge in [0.25, 0.3) is 0 Å². The van der Waals surface area contributed by atoms with Gasteiger partial charge in [-0.2, -0.15) is 5.10 Å². The molecule has 1 aliphatic heterocycles. The highest BCUT2D eigenvalue weighted by atomic mass is 16.6. The summed E-state index contributed by atoms with van der Waals surface area (Å²) in [5.74, 6) is 1.66. The smallest absolute Gasteiger partial charge is 0.428 e. The lowest BCUT2D eigenvalue weighted by Gasteiger charge is -2.15. The fourth-order valence-corrected chi connectivity index (χ4v) is 3.81. The van der Waals surface area contributed by atoms with Gasteiger partial charge in [-0.25, -0.2) is 25.2 Å². The number of hydrogen-bond acceptors (Lipinski definition) is 10. The van der Waals surface area contributed by atoms with Crippen LogP contribution in [-0.2, 0) is 9.47 Å². The first kappa shape index (κ1) is 23.2. The van der Waals surface area contributed by atoms with E-state index in [1.54, 1.807) is 28.8 Å². The molecule has 1 fully saturated rings. The van der Waals surface area contributed by atoms with Crippen molar-refractivity contribution in [1.29, 1.82) is 0 Å². The fraction of sp³-hybridized carbons (Fsp3) is 0.208. The third-order valence-corrected chi connectivity index (χ3v) is 5.54. The number of ether oxygens (including phenoxy) is 3. The molecule has 1 saturated heterocycles. The molecule has 12 heteroatoms. The topological polar surface area (TPSA) is 159 Å². The Labute approximate surface area is 205 Å². The van der Waals surface area contributed by atoms with E-state index in [-0.39, 0.29) is 18.8 Å². The van der Waals surface area contributed by atoms with Crippen LogP contribution in [0, 0.1) is 0 Å². The molecule has 4 N–H and O–H groups in total. The van der Waals surface area contributed by atoms with Gasteiger partial charge in [0.2, 0.25) is 0 Å². The van der Waals surface area contributed by atoms with E-state index in [2.05, 4.69) is 25.5 Å². The van der Waals surface area contributed by atoms with Gasteiger partial charge in [0, 0.05) is 6.42 Å². The number of nitrogen functional groups attached to an aromatic ring is 1. The van der Waals surface area contributed by atoms with Crippen LogP contribution in [0.4, 0.5) is 10.6 Å². The van der Waals surface area contributed by atoms with Crippen molar-refractivity contribution in [2.45, 2.75) is 24.9 Å². The second-order valence-corrected chi connectivity index (χ2v) is 7.93. The van der Waals surface area contributed by atoms with E-state index in [0.29, 0.717) is 16.9 Å². The Bertz CT molecular complexity index is 1360. The third-order valence-electron chi connectivity index (χ3n) is 5.54. The Hall–Kier alpha value is -4.55. The van der Waals surface area contributed by atoms with Crippen LogP contribution in [0.25, 0.3) is 11.2 Å². The minimum Gasteiger partial charge on any atom is -0.457 e. The number of carbonyl (C=O) groups is 1. The van der Waals surface area contributed by atoms with Gasteiger partial charge in [-0.05, 0) is 42.0 Å². The Kier molecular flexibility index (Phi) is 6.69. The number of benzene rings is 2. The molecule has 2 aromatic carbocycles. The molecule has 36 heavy (non-hydrogen) atoms. The van der Waals surface area contributed by atoms with E-state index >= 15 is 0 Å². The third kappa shape index (κ3) is 5.09. The zero-order chi connectivity index (χ0) is 24.9. The molecule has 0 radical (unpaired) electrons. The van der Waals surface area contributed by atoms with Crippen LogP contribution >= 0.6 is 0 Å². The summed E-state index contributed by atoms with van der Waals surface area (Å²) in [7, 11) is 0. The number of nitrogens with one attached hydrogen (secondary N) is 1. The molecule has 3 heterocycles. The lowest BCUT2D eigenvalue weighted by Crippen LogP contribution is -2.33. The van der Waals surface area contributed by atoms with Gasteiger partial charge < -0.3 is 25.1 Å². The van der Waals surface area contributed by atoms with E-state index in [1.807, 2.05) is 30.3 Å². The van der Waals surface area contributed by atoms with Crippen molar-refractivity contribution in [2.75, 3.05) is 12.3 Å². The summed E-state index contributed by atoms with van der Waals surface area (Å²) >= 11 is 0. The molecular formula is C24H23N7O5. The summed E-state index contributed by atoms with van der Waals surface area (Å²) in [6.07, 6.45) is 1.85. The van der Waals surface area contributed by atoms with Crippen molar-refractivity contribution < 1.29 is 24.1 Å². The second kappa shape index (κ2) is 10.4. The number of aliphatic hydroxyl groups is 1. The molecule has 1 aliphatic rings. The molecule has 0 bridgehead atoms. The number of nitrogens with zero attached hydrogens (tertiary/aromatic N) is 5. The van der Waals surface area contributed by atoms with E-state index < -0.39 is 24.5 Å². The Balaban J connectivity index is 1.15. The van der Waals surface area contributed by atoms with Gasteiger partial charge in [0.05, 0.1) is 19.1 Å². The first-order chi connectivity index (χ1) is 17.6. The summed E-state index contributed by atoms with van der Waals surface area (Å²) in [4.78, 5) is 24.6. The maximum atomic E-state index is 12.3. The highest BCUT2D eigenvalue weighted by molar-refractivity contribution is 5.81. The van der Waals surface area contributed by atoms with Crippen LogP contribution in [0.5, 0.6) is 11.5 Å². The quantitative estimate of drug-likeness (QED) is 0.262. The number of hydrogen-bond donors (Lipinski definition) is 3. The molecule has 0 saturated carbocycles. The minimum atomic E-state index is -0.773. The number of para-hydroxylation sites is 1. The van der Waals surface area contributed by atoms with Crippen LogP contribution in [-0.4, -0.2) is 55.7 Å². The lowest BCUT2D eigenvalue weighted by atomic mass is 10.2. The summed E-state index contributed by atoms with van der Waals surface area (Å²) in [5, 5.41) is 13.6. The number of imidazole rings is 1. The van der Waals surface area contributed by atoms with E-state index in [0.717, 1.165) is 11.3 Å². The SMILES string of the molecule is Nc1ncnc2c1ncn2[C@H]1C[C@H](OC(=O)N/N=C/c2ccc(Oc3ccccc3)cc2)[C@@H](CO)O1. The number of aromatic nitrogens is 4. The monoisotopic (exact) mass is 489 g/mol. The maximum absolute atomic E-state index is 12.3. The number of aliphatic hydroxyl groups excluding tert-OH is 1. The van der Waals surface area contributed by atoms with Crippen LogP contribution < -0.4 is 15.9 Å². The predicted octanol–water partition coefficient (Wildman–Crippen LogP) is 2.61. The number of fused-ring (bicyclic) bond motifs is 1. The van der Waals surface area contributed by atoms with Gasteiger partial charge >= 0.3 is 6.09 Å². The molecule has 2 aromatic heterocycles. The molecule has 1 amide bonds. The molecule has 12 nitrogen and oxygen atoms in total. The second-order valence-electron chi connectivity index (χ2n) is 7.93. The zero-order valence-corrected chi connectivity index (χ0v) is 19.0. The van der Waals surface area contributed by atoms with Gasteiger partial charge in [0.15, 0.2) is 11.5 Å². The van der Waals surface area contributed by atoms with E-state index in [9.17, 15) is 9.90 Å². The number of hydrazone groups is 1. The van der Waals surface area contributed by atoms with Crippen molar-refractivity contribution in [3.05, 3.63) is 72.8 Å². The van der Waals surface area contributed by atoms with Crippen molar-refractivity contribution >= 4 is 29.3 Å². The number of amides is 1. The van der Waals surface area contributed by atoms with E-state index in [4.69, 9.17) is 19.9 Å². The average molecular weight is 489 g/mol. The zero-order valence-electron chi connectivity index (χ0n) is 19.0. The molecule has 0 unspecified atom stereocenters. The first-order valence-corrected chi connectivity index (χ1v) is 11.1. The largest absolute Gasteiger partial charge is 0.457 e. The molecule has 184 valence electrons. The minimum absolute atomic E-state index is 0.249. The van der Waals surface area contributed by atoms with Crippen molar-refractivity contribution in [3.63, 3.8) is 0 Å². The molecule has 4 aromatic rings. The Morgan fingerprint density at radius 2 is 1.94 bits per heavy atom. The number of nitrogens with two attached hydrogens (primary N) is 1. The van der Waals surface area contributed by atoms with E-state index in [1.165, 1.54) is 18.9 Å². The molecule has 0 spiro atoms. The summed E-state index contributed by atoms with van der Waals surface area (Å²) in [5.41, 5.74) is 9.84. The Morgan fingerprint density at radius 1 is 1.17 bits per heavy atom. The predicted molar refractivity (Wildman–Crippen MR) is 129 cm³/mol.